The van der Waals surface area contributed by atoms with Crippen LogP contribution in [0.2, 0.25) is 10.0 Å². The van der Waals surface area contributed by atoms with Gasteiger partial charge in [0, 0.05) is 37.9 Å². The average Bonchev–Trinajstić information content (AvgIpc) is 3.06. The highest BCUT2D eigenvalue weighted by atomic mass is 35.5. The summed E-state index contributed by atoms with van der Waals surface area (Å²) in [5.41, 5.74) is -2.92. The molecule has 1 amide bonds. The van der Waals surface area contributed by atoms with E-state index in [1.165, 1.54) is 4.90 Å². The van der Waals surface area contributed by atoms with Crippen LogP contribution < -0.4 is 9.64 Å². The SMILES string of the molecule is CCOc1cc(N2CCN(C(=O)Cn3nc(C(F)(F)F)c(Cl)c3C(F)(F)F)CC2)ccc1Cl. The number of amides is 1. The summed E-state index contributed by atoms with van der Waals surface area (Å²) < 4.78 is 84.2. The minimum atomic E-state index is -5.22. The molecule has 0 bridgehead atoms. The van der Waals surface area contributed by atoms with E-state index in [1.54, 1.807) is 18.2 Å². The highest BCUT2D eigenvalue weighted by molar-refractivity contribution is 6.32. The van der Waals surface area contributed by atoms with Crippen molar-refractivity contribution in [2.24, 2.45) is 0 Å². The van der Waals surface area contributed by atoms with Crippen LogP contribution in [0.4, 0.5) is 32.0 Å². The van der Waals surface area contributed by atoms with Crippen molar-refractivity contribution in [3.63, 3.8) is 0 Å². The molecule has 182 valence electrons. The Labute approximate surface area is 194 Å². The number of rotatable bonds is 5. The van der Waals surface area contributed by atoms with E-state index < -0.39 is 41.2 Å². The quantitative estimate of drug-likeness (QED) is 0.524. The van der Waals surface area contributed by atoms with E-state index in [0.29, 0.717) is 30.5 Å². The molecule has 2 heterocycles. The molecule has 0 unspecified atom stereocenters. The Balaban J connectivity index is 1.72. The third-order valence-electron chi connectivity index (χ3n) is 4.93. The molecule has 14 heteroatoms. The van der Waals surface area contributed by atoms with Gasteiger partial charge in [-0.05, 0) is 19.1 Å². The van der Waals surface area contributed by atoms with Gasteiger partial charge in [0.25, 0.3) is 0 Å². The average molecular weight is 519 g/mol. The summed E-state index contributed by atoms with van der Waals surface area (Å²) in [6, 6.07) is 5.17. The molecule has 3 rings (SSSR count). The monoisotopic (exact) mass is 518 g/mol. The zero-order valence-electron chi connectivity index (χ0n) is 17.1. The largest absolute Gasteiger partial charge is 0.492 e. The lowest BCUT2D eigenvalue weighted by Gasteiger charge is -2.36. The van der Waals surface area contributed by atoms with Crippen molar-refractivity contribution in [3.8, 4) is 5.75 Å². The number of carbonyl (C=O) groups is 1. The van der Waals surface area contributed by atoms with Crippen LogP contribution in [-0.2, 0) is 23.7 Å². The fraction of sp³-hybridized carbons (Fsp3) is 0.474. The number of halogens is 8. The van der Waals surface area contributed by atoms with Gasteiger partial charge in [-0.1, -0.05) is 23.2 Å². The van der Waals surface area contributed by atoms with Gasteiger partial charge < -0.3 is 14.5 Å². The number of aromatic nitrogens is 2. The molecule has 0 aliphatic carbocycles. The minimum absolute atomic E-state index is 0.0343. The van der Waals surface area contributed by atoms with Crippen molar-refractivity contribution in [1.29, 1.82) is 0 Å². The van der Waals surface area contributed by atoms with Gasteiger partial charge in [-0.25, -0.2) is 4.68 Å². The second-order valence-corrected chi connectivity index (χ2v) is 7.87. The van der Waals surface area contributed by atoms with Crippen LogP contribution in [-0.4, -0.2) is 53.4 Å². The van der Waals surface area contributed by atoms with E-state index >= 15 is 0 Å². The van der Waals surface area contributed by atoms with Crippen LogP contribution in [0.1, 0.15) is 18.3 Å². The third kappa shape index (κ3) is 5.60. The number of benzene rings is 1. The highest BCUT2D eigenvalue weighted by Gasteiger charge is 2.46. The summed E-state index contributed by atoms with van der Waals surface area (Å²) >= 11 is 11.4. The Kier molecular flexibility index (Phi) is 7.27. The summed E-state index contributed by atoms with van der Waals surface area (Å²) in [4.78, 5) is 15.8. The van der Waals surface area contributed by atoms with Crippen molar-refractivity contribution in [1.82, 2.24) is 14.7 Å². The molecular formula is C19H18Cl2F6N4O2. The lowest BCUT2D eigenvalue weighted by molar-refractivity contribution is -0.145. The molecule has 1 aromatic heterocycles. The summed E-state index contributed by atoms with van der Waals surface area (Å²) in [5, 5.41) is 1.79. The fourth-order valence-electron chi connectivity index (χ4n) is 3.40. The molecule has 33 heavy (non-hydrogen) atoms. The maximum Gasteiger partial charge on any atom is 0.436 e. The zero-order chi connectivity index (χ0) is 24.6. The third-order valence-corrected chi connectivity index (χ3v) is 5.60. The predicted octanol–water partition coefficient (Wildman–Crippen LogP) is 4.98. The predicted molar refractivity (Wildman–Crippen MR) is 109 cm³/mol. The summed E-state index contributed by atoms with van der Waals surface area (Å²) in [7, 11) is 0. The van der Waals surface area contributed by atoms with Crippen LogP contribution in [0.5, 0.6) is 5.75 Å². The maximum atomic E-state index is 13.3. The first-order valence-electron chi connectivity index (χ1n) is 9.68. The molecule has 2 aromatic rings. The molecule has 1 saturated heterocycles. The van der Waals surface area contributed by atoms with Crippen molar-refractivity contribution in [2.75, 3.05) is 37.7 Å². The zero-order valence-corrected chi connectivity index (χ0v) is 18.6. The molecule has 1 aliphatic rings. The van der Waals surface area contributed by atoms with E-state index in [9.17, 15) is 31.1 Å². The molecule has 0 radical (unpaired) electrons. The number of anilines is 1. The number of nitrogens with zero attached hydrogens (tertiary/aromatic N) is 4. The molecule has 1 aromatic carbocycles. The van der Waals surface area contributed by atoms with Crippen LogP contribution in [0, 0.1) is 0 Å². The molecular weight excluding hydrogens is 501 g/mol. The number of piperazine rings is 1. The van der Waals surface area contributed by atoms with Gasteiger partial charge in [0.05, 0.1) is 11.6 Å². The number of ether oxygens (including phenoxy) is 1. The smallest absolute Gasteiger partial charge is 0.436 e. The van der Waals surface area contributed by atoms with Crippen molar-refractivity contribution >= 4 is 34.8 Å². The number of alkyl halides is 6. The summed E-state index contributed by atoms with van der Waals surface area (Å²) in [6.45, 7) is 2.18. The Morgan fingerprint density at radius 1 is 1.06 bits per heavy atom. The summed E-state index contributed by atoms with van der Waals surface area (Å²) in [6.07, 6.45) is -10.4. The standard InChI is InChI=1S/C19H18Cl2F6N4O2/c1-2-33-13-9-11(3-4-12(13)20)29-5-7-30(8-6-29)14(32)10-31-17(19(25,26)27)15(21)16(28-31)18(22,23)24/h3-4,9H,2,5-8,10H2,1H3. The molecule has 0 atom stereocenters. The first-order chi connectivity index (χ1) is 15.3. The maximum absolute atomic E-state index is 13.3. The lowest BCUT2D eigenvalue weighted by atomic mass is 10.2. The second-order valence-electron chi connectivity index (χ2n) is 7.08. The van der Waals surface area contributed by atoms with Crippen LogP contribution in [0.15, 0.2) is 18.2 Å². The highest BCUT2D eigenvalue weighted by Crippen LogP contribution is 2.42. The van der Waals surface area contributed by atoms with Gasteiger partial charge in [-0.15, -0.1) is 0 Å². The van der Waals surface area contributed by atoms with E-state index in [0.717, 1.165) is 5.69 Å². The van der Waals surface area contributed by atoms with Crippen LogP contribution in [0.25, 0.3) is 0 Å². The van der Waals surface area contributed by atoms with Crippen LogP contribution in [0.3, 0.4) is 0 Å². The first kappa shape index (κ1) is 25.3. The second kappa shape index (κ2) is 9.49. The fourth-order valence-corrected chi connectivity index (χ4v) is 3.93. The minimum Gasteiger partial charge on any atom is -0.492 e. The van der Waals surface area contributed by atoms with Crippen molar-refractivity contribution in [2.45, 2.75) is 25.8 Å². The topological polar surface area (TPSA) is 50.6 Å². The van der Waals surface area contributed by atoms with Gasteiger partial charge in [0.1, 0.15) is 17.3 Å². The van der Waals surface area contributed by atoms with Crippen molar-refractivity contribution < 1.29 is 35.9 Å². The van der Waals surface area contributed by atoms with Crippen LogP contribution >= 0.6 is 23.2 Å². The van der Waals surface area contributed by atoms with Gasteiger partial charge in [-0.2, -0.15) is 31.4 Å². The van der Waals surface area contributed by atoms with Gasteiger partial charge in [0.2, 0.25) is 5.91 Å². The molecule has 1 fully saturated rings. The molecule has 1 aliphatic heterocycles. The Morgan fingerprint density at radius 3 is 2.24 bits per heavy atom. The lowest BCUT2D eigenvalue weighted by Crippen LogP contribution is -2.49. The molecule has 0 spiro atoms. The van der Waals surface area contributed by atoms with Gasteiger partial charge >= 0.3 is 12.4 Å². The molecule has 0 N–H and O–H groups in total. The van der Waals surface area contributed by atoms with Gasteiger partial charge in [0.15, 0.2) is 11.4 Å². The Bertz CT molecular complexity index is 1020. The van der Waals surface area contributed by atoms with E-state index in [4.69, 9.17) is 27.9 Å². The van der Waals surface area contributed by atoms with Gasteiger partial charge in [-0.3, -0.25) is 4.79 Å². The number of hydrogen-bond donors (Lipinski definition) is 0. The number of carbonyl (C=O) groups excluding carboxylic acids is 1. The van der Waals surface area contributed by atoms with Crippen molar-refractivity contribution in [3.05, 3.63) is 39.6 Å². The van der Waals surface area contributed by atoms with E-state index in [1.807, 2.05) is 11.8 Å². The Morgan fingerprint density at radius 2 is 1.70 bits per heavy atom. The normalized spacial score (nSPS) is 15.2. The number of hydrogen-bond acceptors (Lipinski definition) is 4. The molecule has 6 nitrogen and oxygen atoms in total. The Hall–Kier alpha value is -2.34. The molecule has 0 saturated carbocycles. The summed E-state index contributed by atoms with van der Waals surface area (Å²) in [5.74, 6) is -0.315. The van der Waals surface area contributed by atoms with E-state index in [2.05, 4.69) is 5.10 Å². The first-order valence-corrected chi connectivity index (χ1v) is 10.4. The van der Waals surface area contributed by atoms with E-state index in [-0.39, 0.29) is 17.8 Å².